The van der Waals surface area contributed by atoms with Gasteiger partial charge in [-0.15, -0.1) is 0 Å². The molecule has 0 atom stereocenters. The number of rotatable bonds is 3. The van der Waals surface area contributed by atoms with Gasteiger partial charge in [-0.2, -0.15) is 0 Å². The van der Waals surface area contributed by atoms with Crippen molar-refractivity contribution >= 4 is 29.3 Å². The van der Waals surface area contributed by atoms with Crippen molar-refractivity contribution in [1.29, 1.82) is 0 Å². The molecule has 0 bridgehead atoms. The van der Waals surface area contributed by atoms with Gasteiger partial charge in [0, 0.05) is 17.7 Å². The number of hydrogen-bond acceptors (Lipinski definition) is 5. The Morgan fingerprint density at radius 2 is 1.84 bits per heavy atom. The Bertz CT molecular complexity index is 918. The van der Waals surface area contributed by atoms with Crippen molar-refractivity contribution in [2.24, 2.45) is 0 Å². The maximum Gasteiger partial charge on any atom is 0.282 e. The fourth-order valence-electron chi connectivity index (χ4n) is 2.36. The van der Waals surface area contributed by atoms with E-state index in [1.54, 1.807) is 24.3 Å². The summed E-state index contributed by atoms with van der Waals surface area (Å²) in [6.45, 7) is 1.89. The van der Waals surface area contributed by atoms with Gasteiger partial charge in [0.25, 0.3) is 17.5 Å². The first kappa shape index (κ1) is 16.2. The van der Waals surface area contributed by atoms with E-state index in [1.807, 2.05) is 6.92 Å². The minimum Gasteiger partial charge on any atom is -0.507 e. The minimum absolute atomic E-state index is 0.0125. The zero-order valence-electron chi connectivity index (χ0n) is 13.1. The van der Waals surface area contributed by atoms with E-state index in [-0.39, 0.29) is 22.6 Å². The number of aromatic hydroxyl groups is 1. The van der Waals surface area contributed by atoms with Crippen LogP contribution in [0.4, 0.5) is 11.4 Å². The fraction of sp³-hybridized carbons (Fsp3) is 0.0588. The zero-order valence-corrected chi connectivity index (χ0v) is 13.1. The van der Waals surface area contributed by atoms with Crippen molar-refractivity contribution in [3.63, 3.8) is 0 Å². The van der Waals surface area contributed by atoms with Crippen LogP contribution in [0.2, 0.25) is 0 Å². The number of nitro groups is 1. The molecule has 2 aromatic rings. The number of hydrazine groups is 1. The minimum atomic E-state index is -0.656. The van der Waals surface area contributed by atoms with Gasteiger partial charge in [0.05, 0.1) is 10.6 Å². The summed E-state index contributed by atoms with van der Waals surface area (Å²) >= 11 is 0. The van der Waals surface area contributed by atoms with Gasteiger partial charge in [-0.1, -0.05) is 17.7 Å². The van der Waals surface area contributed by atoms with Crippen molar-refractivity contribution in [2.45, 2.75) is 6.92 Å². The summed E-state index contributed by atoms with van der Waals surface area (Å²) in [6.07, 6.45) is 1.13. The second-order valence-electron chi connectivity index (χ2n) is 5.48. The largest absolute Gasteiger partial charge is 0.507 e. The number of benzene rings is 2. The molecule has 0 radical (unpaired) electrons. The average molecular weight is 339 g/mol. The number of nitrogens with zero attached hydrogens (tertiary/aromatic N) is 2. The first-order chi connectivity index (χ1) is 11.9. The number of nitro benzene ring substituents is 1. The predicted octanol–water partition coefficient (Wildman–Crippen LogP) is 2.07. The summed E-state index contributed by atoms with van der Waals surface area (Å²) in [4.78, 5) is 34.8. The van der Waals surface area contributed by atoms with Gasteiger partial charge in [-0.3, -0.25) is 25.1 Å². The van der Waals surface area contributed by atoms with E-state index in [0.29, 0.717) is 5.69 Å². The molecule has 1 aliphatic rings. The number of aryl methyl sites for hydroxylation is 1. The predicted molar refractivity (Wildman–Crippen MR) is 89.5 cm³/mol. The number of amides is 2. The number of anilines is 1. The monoisotopic (exact) mass is 339 g/mol. The van der Waals surface area contributed by atoms with E-state index in [2.05, 4.69) is 5.43 Å². The van der Waals surface area contributed by atoms with E-state index in [9.17, 15) is 24.8 Å². The molecule has 8 nitrogen and oxygen atoms in total. The summed E-state index contributed by atoms with van der Waals surface area (Å²) in [5, 5.41) is 21.8. The van der Waals surface area contributed by atoms with Crippen LogP contribution in [-0.4, -0.2) is 21.8 Å². The van der Waals surface area contributed by atoms with Gasteiger partial charge in [-0.25, -0.2) is 5.01 Å². The van der Waals surface area contributed by atoms with Crippen LogP contribution in [0.3, 0.4) is 0 Å². The van der Waals surface area contributed by atoms with Crippen molar-refractivity contribution in [3.05, 3.63) is 69.3 Å². The van der Waals surface area contributed by atoms with E-state index in [0.717, 1.165) is 34.8 Å². The first-order valence-corrected chi connectivity index (χ1v) is 7.28. The Hall–Kier alpha value is -3.68. The Morgan fingerprint density at radius 3 is 2.48 bits per heavy atom. The van der Waals surface area contributed by atoms with E-state index in [4.69, 9.17) is 0 Å². The fourth-order valence-corrected chi connectivity index (χ4v) is 2.36. The molecule has 2 aromatic carbocycles. The van der Waals surface area contributed by atoms with Gasteiger partial charge in [-0.05, 0) is 31.2 Å². The third-order valence-electron chi connectivity index (χ3n) is 3.71. The quantitative estimate of drug-likeness (QED) is 0.385. The first-order valence-electron chi connectivity index (χ1n) is 7.28. The molecular weight excluding hydrogens is 326 g/mol. The van der Waals surface area contributed by atoms with E-state index >= 15 is 0 Å². The molecule has 0 aliphatic carbocycles. The van der Waals surface area contributed by atoms with Crippen molar-refractivity contribution in [2.75, 3.05) is 5.01 Å². The molecule has 1 fully saturated rings. The van der Waals surface area contributed by atoms with Crippen LogP contribution < -0.4 is 10.4 Å². The lowest BCUT2D eigenvalue weighted by molar-refractivity contribution is -0.384. The molecule has 0 saturated carbocycles. The summed E-state index contributed by atoms with van der Waals surface area (Å²) in [6, 6.07) is 10.3. The normalized spacial score (nSPS) is 15.6. The SMILES string of the molecule is Cc1ccc(N2NC(=O)/C(=C/c3cc([N+](=O)[O-])ccc3O)C2=O)cc1. The molecular formula is C17H13N3O5. The number of phenols is 1. The maximum absolute atomic E-state index is 12.5. The smallest absolute Gasteiger partial charge is 0.282 e. The molecule has 0 unspecified atom stereocenters. The number of nitrogens with one attached hydrogen (secondary N) is 1. The number of carbonyl (C=O) groups excluding carboxylic acids is 2. The Labute approximate surface area is 142 Å². The highest BCUT2D eigenvalue weighted by Gasteiger charge is 2.34. The molecule has 8 heteroatoms. The Balaban J connectivity index is 1.98. The standard InChI is InChI=1S/C17H13N3O5/c1-10-2-4-12(5-3-10)19-17(23)14(16(22)18-19)9-11-8-13(20(24)25)6-7-15(11)21/h2-9,21H,1H3,(H,18,22)/b14-9-. The highest BCUT2D eigenvalue weighted by atomic mass is 16.6. The molecule has 1 heterocycles. The second-order valence-corrected chi connectivity index (χ2v) is 5.48. The van der Waals surface area contributed by atoms with E-state index in [1.165, 1.54) is 0 Å². The topological polar surface area (TPSA) is 113 Å². The number of hydrogen-bond donors (Lipinski definition) is 2. The average Bonchev–Trinajstić information content (AvgIpc) is 2.85. The number of phenolic OH excluding ortho intramolecular Hbond substituents is 1. The molecule has 3 rings (SSSR count). The summed E-state index contributed by atoms with van der Waals surface area (Å²) in [7, 11) is 0. The zero-order chi connectivity index (χ0) is 18.1. The molecule has 1 aliphatic heterocycles. The lowest BCUT2D eigenvalue weighted by Gasteiger charge is -2.14. The second kappa shape index (κ2) is 6.08. The van der Waals surface area contributed by atoms with Gasteiger partial charge in [0.1, 0.15) is 11.3 Å². The third-order valence-corrected chi connectivity index (χ3v) is 3.71. The van der Waals surface area contributed by atoms with Crippen LogP contribution in [0.15, 0.2) is 48.0 Å². The van der Waals surface area contributed by atoms with Crippen LogP contribution in [0.1, 0.15) is 11.1 Å². The lowest BCUT2D eigenvalue weighted by atomic mass is 10.1. The third kappa shape index (κ3) is 3.05. The van der Waals surface area contributed by atoms with Crippen molar-refractivity contribution in [3.8, 4) is 5.75 Å². The maximum atomic E-state index is 12.5. The van der Waals surface area contributed by atoms with Crippen LogP contribution in [0, 0.1) is 17.0 Å². The highest BCUT2D eigenvalue weighted by molar-refractivity contribution is 6.31. The van der Waals surface area contributed by atoms with Gasteiger partial charge < -0.3 is 5.11 Å². The molecule has 2 amide bonds. The van der Waals surface area contributed by atoms with Gasteiger partial charge in [0.15, 0.2) is 0 Å². The van der Waals surface area contributed by atoms with Crippen molar-refractivity contribution < 1.29 is 19.6 Å². The van der Waals surface area contributed by atoms with E-state index < -0.39 is 16.7 Å². The van der Waals surface area contributed by atoms with Crippen LogP contribution in [0.5, 0.6) is 5.75 Å². The Kier molecular flexibility index (Phi) is 3.94. The van der Waals surface area contributed by atoms with Crippen LogP contribution in [0.25, 0.3) is 6.08 Å². The molecule has 1 saturated heterocycles. The molecule has 0 spiro atoms. The lowest BCUT2D eigenvalue weighted by Crippen LogP contribution is -2.35. The van der Waals surface area contributed by atoms with Crippen molar-refractivity contribution in [1.82, 2.24) is 5.43 Å². The van der Waals surface area contributed by atoms with Crippen LogP contribution in [-0.2, 0) is 9.59 Å². The van der Waals surface area contributed by atoms with Crippen LogP contribution >= 0.6 is 0 Å². The summed E-state index contributed by atoms with van der Waals surface area (Å²) in [5.74, 6) is -1.54. The van der Waals surface area contributed by atoms with Gasteiger partial charge in [0.2, 0.25) is 0 Å². The molecule has 2 N–H and O–H groups in total. The number of non-ortho nitro benzene ring substituents is 1. The molecule has 0 aromatic heterocycles. The number of carbonyl (C=O) groups is 2. The summed E-state index contributed by atoms with van der Waals surface area (Å²) < 4.78 is 0. The Morgan fingerprint density at radius 1 is 1.16 bits per heavy atom. The highest BCUT2D eigenvalue weighted by Crippen LogP contribution is 2.27. The molecule has 25 heavy (non-hydrogen) atoms. The molecule has 126 valence electrons. The summed E-state index contributed by atoms with van der Waals surface area (Å²) in [5.41, 5.74) is 3.44. The van der Waals surface area contributed by atoms with Gasteiger partial charge >= 0.3 is 0 Å².